The molecular formula is C15H19N5O2S. The molecule has 1 aliphatic heterocycles. The zero-order valence-electron chi connectivity index (χ0n) is 13.2. The van der Waals surface area contributed by atoms with Crippen LogP contribution in [0.3, 0.4) is 0 Å². The first kappa shape index (κ1) is 15.8. The van der Waals surface area contributed by atoms with Crippen molar-refractivity contribution in [3.05, 3.63) is 34.2 Å². The largest absolute Gasteiger partial charge is 0.372 e. The molecule has 0 bridgehead atoms. The monoisotopic (exact) mass is 333 g/mol. The van der Waals surface area contributed by atoms with Gasteiger partial charge in [0.15, 0.2) is 0 Å². The molecule has 8 heteroatoms. The molecule has 1 aliphatic rings. The Labute approximate surface area is 138 Å². The van der Waals surface area contributed by atoms with Crippen LogP contribution in [-0.4, -0.2) is 52.5 Å². The number of hydrogen-bond acceptors (Lipinski definition) is 7. The predicted octanol–water partition coefficient (Wildman–Crippen LogP) is 1.43. The van der Waals surface area contributed by atoms with Crippen molar-refractivity contribution in [1.29, 1.82) is 0 Å². The van der Waals surface area contributed by atoms with E-state index in [0.29, 0.717) is 31.9 Å². The Balaban J connectivity index is 1.69. The minimum absolute atomic E-state index is 0.0681. The lowest BCUT2D eigenvalue weighted by Crippen LogP contribution is -2.43. The maximum Gasteiger partial charge on any atom is 0.228 e. The molecule has 7 nitrogen and oxygen atoms in total. The minimum atomic E-state index is -0.263. The number of amides is 1. The second kappa shape index (κ2) is 7.01. The van der Waals surface area contributed by atoms with Crippen molar-refractivity contribution in [2.45, 2.75) is 19.4 Å². The fraction of sp³-hybridized carbons (Fsp3) is 0.467. The van der Waals surface area contributed by atoms with E-state index in [0.717, 1.165) is 16.4 Å². The van der Waals surface area contributed by atoms with Crippen molar-refractivity contribution < 1.29 is 9.53 Å². The second-order valence-electron chi connectivity index (χ2n) is 5.27. The topological polar surface area (TPSA) is 80.2 Å². The van der Waals surface area contributed by atoms with Gasteiger partial charge in [-0.3, -0.25) is 9.78 Å². The van der Waals surface area contributed by atoms with Crippen LogP contribution >= 0.6 is 11.3 Å². The maximum atomic E-state index is 12.5. The van der Waals surface area contributed by atoms with Crippen LogP contribution in [0.25, 0.3) is 0 Å². The number of carbonyl (C=O) groups excluding carboxylic acids is 1. The van der Waals surface area contributed by atoms with Gasteiger partial charge in [-0.05, 0) is 6.92 Å². The van der Waals surface area contributed by atoms with Crippen LogP contribution in [-0.2, 0) is 16.0 Å². The quantitative estimate of drug-likeness (QED) is 0.912. The summed E-state index contributed by atoms with van der Waals surface area (Å²) in [5.74, 6) is 0.750. The lowest BCUT2D eigenvalue weighted by molar-refractivity contribution is -0.138. The summed E-state index contributed by atoms with van der Waals surface area (Å²) in [6.07, 6.45) is 3.33. The summed E-state index contributed by atoms with van der Waals surface area (Å²) in [6, 6.07) is 0. The van der Waals surface area contributed by atoms with Crippen molar-refractivity contribution in [2.24, 2.45) is 0 Å². The molecule has 0 saturated carbocycles. The van der Waals surface area contributed by atoms with Gasteiger partial charge in [-0.2, -0.15) is 0 Å². The number of aryl methyl sites for hydroxylation is 1. The van der Waals surface area contributed by atoms with E-state index in [1.165, 1.54) is 0 Å². The van der Waals surface area contributed by atoms with E-state index < -0.39 is 0 Å². The molecule has 1 saturated heterocycles. The molecule has 0 aromatic carbocycles. The summed E-state index contributed by atoms with van der Waals surface area (Å²) in [6.45, 7) is 3.51. The van der Waals surface area contributed by atoms with Crippen LogP contribution in [0.1, 0.15) is 22.5 Å². The van der Waals surface area contributed by atoms with Gasteiger partial charge in [0.05, 0.1) is 30.3 Å². The highest BCUT2D eigenvalue weighted by atomic mass is 32.1. The molecule has 0 aliphatic carbocycles. The highest BCUT2D eigenvalue weighted by Gasteiger charge is 2.28. The molecule has 1 N–H and O–H groups in total. The summed E-state index contributed by atoms with van der Waals surface area (Å²) >= 11 is 1.56. The van der Waals surface area contributed by atoms with Gasteiger partial charge < -0.3 is 15.0 Å². The molecule has 3 rings (SSSR count). The molecule has 2 aromatic heterocycles. The van der Waals surface area contributed by atoms with Crippen LogP contribution in [0.4, 0.5) is 5.82 Å². The van der Waals surface area contributed by atoms with Crippen molar-refractivity contribution >= 4 is 23.1 Å². The lowest BCUT2D eigenvalue weighted by atomic mass is 10.1. The van der Waals surface area contributed by atoms with Gasteiger partial charge in [-0.25, -0.2) is 9.97 Å². The zero-order valence-corrected chi connectivity index (χ0v) is 14.0. The fourth-order valence-corrected chi connectivity index (χ4v) is 3.19. The molecule has 1 atom stereocenters. The molecule has 0 unspecified atom stereocenters. The number of carbonyl (C=O) groups is 1. The number of hydrogen-bond donors (Lipinski definition) is 1. The van der Waals surface area contributed by atoms with Crippen molar-refractivity contribution in [3.8, 4) is 0 Å². The summed E-state index contributed by atoms with van der Waals surface area (Å²) in [4.78, 5) is 27.3. The first-order valence-electron chi connectivity index (χ1n) is 7.46. The first-order valence-corrected chi connectivity index (χ1v) is 8.34. The number of aromatic nitrogens is 3. The van der Waals surface area contributed by atoms with Gasteiger partial charge in [0.2, 0.25) is 5.91 Å². The minimum Gasteiger partial charge on any atom is -0.372 e. The number of rotatable bonds is 4. The second-order valence-corrected chi connectivity index (χ2v) is 6.34. The van der Waals surface area contributed by atoms with E-state index in [1.807, 2.05) is 17.2 Å². The third kappa shape index (κ3) is 3.65. The van der Waals surface area contributed by atoms with E-state index in [9.17, 15) is 4.79 Å². The average molecular weight is 333 g/mol. The van der Waals surface area contributed by atoms with E-state index >= 15 is 0 Å². The van der Waals surface area contributed by atoms with Gasteiger partial charge in [0.25, 0.3) is 0 Å². The van der Waals surface area contributed by atoms with E-state index in [4.69, 9.17) is 4.74 Å². The molecule has 2 aromatic rings. The number of thiazole rings is 1. The number of ether oxygens (including phenoxy) is 1. The van der Waals surface area contributed by atoms with Gasteiger partial charge in [-0.15, -0.1) is 11.3 Å². The molecule has 3 heterocycles. The standard InChI is InChI=1S/C15H19N5O2S/c1-10-19-11(9-23-10)7-13(21)20-5-6-22-12(8-20)14-15(16-2)18-4-3-17-14/h3-4,9,12H,5-8H2,1-2H3,(H,16,18)/t12-/m0/s1. The lowest BCUT2D eigenvalue weighted by Gasteiger charge is -2.33. The highest BCUT2D eigenvalue weighted by molar-refractivity contribution is 7.09. The molecule has 0 radical (unpaired) electrons. The smallest absolute Gasteiger partial charge is 0.228 e. The Kier molecular flexibility index (Phi) is 4.82. The number of morpholine rings is 1. The Bertz CT molecular complexity index is 690. The van der Waals surface area contributed by atoms with E-state index in [1.54, 1.807) is 30.8 Å². The summed E-state index contributed by atoms with van der Waals surface area (Å²) in [5, 5.41) is 5.93. The fourth-order valence-electron chi connectivity index (χ4n) is 2.57. The number of anilines is 1. The molecule has 122 valence electrons. The molecule has 1 amide bonds. The number of nitrogens with zero attached hydrogens (tertiary/aromatic N) is 4. The summed E-state index contributed by atoms with van der Waals surface area (Å²) < 4.78 is 5.79. The Hall–Kier alpha value is -2.06. The van der Waals surface area contributed by atoms with Crippen molar-refractivity contribution in [3.63, 3.8) is 0 Å². The summed E-state index contributed by atoms with van der Waals surface area (Å²) in [7, 11) is 1.80. The van der Waals surface area contributed by atoms with Crippen molar-refractivity contribution in [2.75, 3.05) is 32.1 Å². The van der Waals surface area contributed by atoms with Crippen LogP contribution in [0.2, 0.25) is 0 Å². The normalized spacial score (nSPS) is 18.0. The predicted molar refractivity (Wildman–Crippen MR) is 87.4 cm³/mol. The number of nitrogens with one attached hydrogen (secondary N) is 1. The van der Waals surface area contributed by atoms with Gasteiger partial charge in [0.1, 0.15) is 17.6 Å². The van der Waals surface area contributed by atoms with Crippen LogP contribution in [0.15, 0.2) is 17.8 Å². The Morgan fingerprint density at radius 3 is 3.04 bits per heavy atom. The molecule has 1 fully saturated rings. The first-order chi connectivity index (χ1) is 11.2. The summed E-state index contributed by atoms with van der Waals surface area (Å²) in [5.41, 5.74) is 1.56. The average Bonchev–Trinajstić information content (AvgIpc) is 2.99. The zero-order chi connectivity index (χ0) is 16.2. The Morgan fingerprint density at radius 1 is 1.48 bits per heavy atom. The van der Waals surface area contributed by atoms with Crippen molar-refractivity contribution in [1.82, 2.24) is 19.9 Å². The van der Waals surface area contributed by atoms with Crippen LogP contribution < -0.4 is 5.32 Å². The van der Waals surface area contributed by atoms with Crippen LogP contribution in [0.5, 0.6) is 0 Å². The van der Waals surface area contributed by atoms with Crippen LogP contribution in [0, 0.1) is 6.92 Å². The van der Waals surface area contributed by atoms with Gasteiger partial charge >= 0.3 is 0 Å². The molecule has 23 heavy (non-hydrogen) atoms. The Morgan fingerprint density at radius 2 is 2.30 bits per heavy atom. The SMILES string of the molecule is CNc1nccnc1[C@@H]1CN(C(=O)Cc2csc(C)n2)CCO1. The van der Waals surface area contributed by atoms with E-state index in [-0.39, 0.29) is 12.0 Å². The third-order valence-corrected chi connectivity index (χ3v) is 4.51. The molecular weight excluding hydrogens is 314 g/mol. The maximum absolute atomic E-state index is 12.5. The molecule has 0 spiro atoms. The van der Waals surface area contributed by atoms with Gasteiger partial charge in [-0.1, -0.05) is 0 Å². The third-order valence-electron chi connectivity index (χ3n) is 3.69. The highest BCUT2D eigenvalue weighted by Crippen LogP contribution is 2.25. The van der Waals surface area contributed by atoms with E-state index in [2.05, 4.69) is 20.3 Å². The van der Waals surface area contributed by atoms with Gasteiger partial charge in [0, 0.05) is 31.4 Å².